The van der Waals surface area contributed by atoms with E-state index in [1.807, 2.05) is 0 Å². The number of benzene rings is 2. The van der Waals surface area contributed by atoms with E-state index in [1.54, 1.807) is 0 Å². The third-order valence-corrected chi connectivity index (χ3v) is 6.12. The van der Waals surface area contributed by atoms with Crippen LogP contribution in [0.15, 0.2) is 36.4 Å². The first-order valence-corrected chi connectivity index (χ1v) is 11.4. The standard InChI is InChI=1S/C27H39N2.Au.ClH/c1-18(2)22-11-9-12-23(19(3)4)26(22)28-15-16-29(17-28)27-24(20(5)6)13-10-14-25(27)21(7)8;;/h9-14,17-21H,15-16H2,1-8H3;;1H/q;+1;/p-1. The molecule has 0 N–H and O–H groups in total. The maximum Gasteiger partial charge on any atom is 1.00 e. The molecule has 1 aliphatic heterocycles. The zero-order valence-corrected chi connectivity index (χ0v) is 23.3. The summed E-state index contributed by atoms with van der Waals surface area (Å²) < 4.78 is 0. The molecule has 1 radical (unpaired) electrons. The van der Waals surface area contributed by atoms with E-state index in [0.29, 0.717) is 23.7 Å². The Kier molecular flexibility index (Phi) is 10.7. The second-order valence-corrected chi connectivity index (χ2v) is 9.69. The fraction of sp³-hybridized carbons (Fsp3) is 0.519. The number of hydrogen-bond donors (Lipinski definition) is 0. The van der Waals surface area contributed by atoms with E-state index in [9.17, 15) is 0 Å². The normalized spacial score (nSPS) is 13.9. The van der Waals surface area contributed by atoms with Crippen molar-refractivity contribution < 1.29 is 34.8 Å². The molecule has 175 valence electrons. The summed E-state index contributed by atoms with van der Waals surface area (Å²) in [6.45, 7) is 22.9. The van der Waals surface area contributed by atoms with Gasteiger partial charge in [-0.15, -0.1) is 0 Å². The summed E-state index contributed by atoms with van der Waals surface area (Å²) in [7, 11) is 0. The van der Waals surface area contributed by atoms with Gasteiger partial charge >= 0.3 is 22.4 Å². The molecular formula is C27H39AuClN2. The van der Waals surface area contributed by atoms with E-state index in [4.69, 9.17) is 0 Å². The number of hydrogen-bond acceptors (Lipinski definition) is 2. The van der Waals surface area contributed by atoms with Gasteiger partial charge in [-0.25, -0.2) is 0 Å². The van der Waals surface area contributed by atoms with Crippen LogP contribution in [0.5, 0.6) is 0 Å². The fourth-order valence-corrected chi connectivity index (χ4v) is 4.53. The quantitative estimate of drug-likeness (QED) is 0.434. The Labute approximate surface area is 212 Å². The number of nitrogens with zero attached hydrogens (tertiary/aromatic N) is 2. The van der Waals surface area contributed by atoms with Crippen LogP contribution in [0, 0.1) is 6.67 Å². The van der Waals surface area contributed by atoms with Gasteiger partial charge in [0.15, 0.2) is 0 Å². The van der Waals surface area contributed by atoms with Gasteiger partial charge in [-0.05, 0) is 45.9 Å². The zero-order valence-electron chi connectivity index (χ0n) is 20.3. The molecule has 1 fully saturated rings. The van der Waals surface area contributed by atoms with Crippen molar-refractivity contribution in [1.82, 2.24) is 0 Å². The molecular weight excluding hydrogens is 585 g/mol. The molecule has 2 nitrogen and oxygen atoms in total. The van der Waals surface area contributed by atoms with Crippen LogP contribution in [0.2, 0.25) is 0 Å². The Morgan fingerprint density at radius 2 is 0.806 bits per heavy atom. The smallest absolute Gasteiger partial charge is 1.00 e. The van der Waals surface area contributed by atoms with Gasteiger partial charge in [0.05, 0.1) is 0 Å². The predicted octanol–water partition coefficient (Wildman–Crippen LogP) is 4.63. The van der Waals surface area contributed by atoms with E-state index in [2.05, 4.69) is 108 Å². The van der Waals surface area contributed by atoms with Crippen LogP contribution in [0.25, 0.3) is 0 Å². The minimum Gasteiger partial charge on any atom is -1.00 e. The Morgan fingerprint density at radius 3 is 1.03 bits per heavy atom. The van der Waals surface area contributed by atoms with Gasteiger partial charge < -0.3 is 22.2 Å². The Bertz CT molecular complexity index is 723. The van der Waals surface area contributed by atoms with Gasteiger partial charge in [0.25, 0.3) is 0 Å². The molecule has 1 saturated heterocycles. The van der Waals surface area contributed by atoms with Gasteiger partial charge in [0, 0.05) is 24.5 Å². The van der Waals surface area contributed by atoms with E-state index >= 15 is 0 Å². The van der Waals surface area contributed by atoms with Gasteiger partial charge in [0.2, 0.25) is 0 Å². The minimum absolute atomic E-state index is 0. The molecule has 0 spiro atoms. The van der Waals surface area contributed by atoms with Crippen LogP contribution in [0.1, 0.15) is 101 Å². The molecule has 0 unspecified atom stereocenters. The van der Waals surface area contributed by atoms with Crippen LogP contribution in [-0.2, 0) is 22.4 Å². The first kappa shape index (κ1) is 28.1. The Morgan fingerprint density at radius 1 is 0.548 bits per heavy atom. The molecule has 2 aromatic rings. The van der Waals surface area contributed by atoms with Crippen molar-refractivity contribution in [3.05, 3.63) is 65.3 Å². The van der Waals surface area contributed by atoms with Gasteiger partial charge in [-0.3, -0.25) is 0 Å². The van der Waals surface area contributed by atoms with Crippen molar-refractivity contribution in [2.75, 3.05) is 22.9 Å². The minimum atomic E-state index is 0. The van der Waals surface area contributed by atoms with Crippen molar-refractivity contribution in [1.29, 1.82) is 0 Å². The van der Waals surface area contributed by atoms with Gasteiger partial charge in [-0.1, -0.05) is 91.8 Å². The van der Waals surface area contributed by atoms with Crippen molar-refractivity contribution in [3.63, 3.8) is 0 Å². The predicted molar refractivity (Wildman–Crippen MR) is 128 cm³/mol. The maximum absolute atomic E-state index is 2.51. The van der Waals surface area contributed by atoms with Gasteiger partial charge in [-0.2, -0.15) is 0 Å². The molecule has 1 aliphatic rings. The summed E-state index contributed by atoms with van der Waals surface area (Å²) >= 11 is 0. The molecule has 0 atom stereocenters. The molecule has 3 rings (SSSR count). The Balaban J connectivity index is 0.00000240. The molecule has 0 saturated carbocycles. The van der Waals surface area contributed by atoms with Crippen LogP contribution >= 0.6 is 0 Å². The summed E-state index contributed by atoms with van der Waals surface area (Å²) in [6.07, 6.45) is 0. The summed E-state index contributed by atoms with van der Waals surface area (Å²) in [5.74, 6) is 2.06. The molecule has 0 bridgehead atoms. The topological polar surface area (TPSA) is 6.48 Å². The first-order valence-electron chi connectivity index (χ1n) is 11.4. The fourth-order valence-electron chi connectivity index (χ4n) is 4.53. The number of rotatable bonds is 6. The van der Waals surface area contributed by atoms with Crippen LogP contribution in [-0.4, -0.2) is 13.1 Å². The molecule has 0 aliphatic carbocycles. The van der Waals surface area contributed by atoms with E-state index in [-0.39, 0.29) is 34.8 Å². The zero-order chi connectivity index (χ0) is 21.3. The third-order valence-electron chi connectivity index (χ3n) is 6.12. The number of halogens is 1. The second kappa shape index (κ2) is 11.8. The third kappa shape index (κ3) is 5.90. The summed E-state index contributed by atoms with van der Waals surface area (Å²) in [5, 5.41) is 0. The average molecular weight is 624 g/mol. The van der Waals surface area contributed by atoms with Crippen LogP contribution in [0.4, 0.5) is 11.4 Å². The Hall–Kier alpha value is -0.930. The summed E-state index contributed by atoms with van der Waals surface area (Å²) in [5.41, 5.74) is 8.67. The number of para-hydroxylation sites is 2. The van der Waals surface area contributed by atoms with E-state index in [0.717, 1.165) is 13.1 Å². The average Bonchev–Trinajstić information content (AvgIpc) is 3.15. The molecule has 1 heterocycles. The van der Waals surface area contributed by atoms with Crippen molar-refractivity contribution in [2.45, 2.75) is 79.1 Å². The van der Waals surface area contributed by atoms with Crippen molar-refractivity contribution >= 4 is 11.4 Å². The second-order valence-electron chi connectivity index (χ2n) is 9.69. The maximum atomic E-state index is 2.51. The van der Waals surface area contributed by atoms with Crippen LogP contribution < -0.4 is 22.2 Å². The SMILES string of the molecule is CC(C)c1cccc(C(C)C)c1N1[CH]N(c2c(C(C)C)cccc2C(C)C)CC1.[Au+].[Cl-]. The van der Waals surface area contributed by atoms with E-state index < -0.39 is 0 Å². The molecule has 0 amide bonds. The largest absolute Gasteiger partial charge is 1.00 e. The monoisotopic (exact) mass is 623 g/mol. The number of anilines is 2. The molecule has 2 aromatic carbocycles. The molecule has 31 heavy (non-hydrogen) atoms. The molecule has 4 heteroatoms. The first-order chi connectivity index (χ1) is 13.7. The van der Waals surface area contributed by atoms with Gasteiger partial charge in [0.1, 0.15) is 6.67 Å². The summed E-state index contributed by atoms with van der Waals surface area (Å²) in [4.78, 5) is 5.01. The van der Waals surface area contributed by atoms with Crippen molar-refractivity contribution in [3.8, 4) is 0 Å². The van der Waals surface area contributed by atoms with Crippen LogP contribution in [0.3, 0.4) is 0 Å². The molecule has 0 aromatic heterocycles. The van der Waals surface area contributed by atoms with E-state index in [1.165, 1.54) is 33.6 Å². The summed E-state index contributed by atoms with van der Waals surface area (Å²) in [6, 6.07) is 13.7. The van der Waals surface area contributed by atoms with Crippen molar-refractivity contribution in [2.24, 2.45) is 0 Å².